The Hall–Kier alpha value is -1.51. The molecule has 74 valence electrons. The van der Waals surface area contributed by atoms with Crippen LogP contribution >= 0.6 is 0 Å². The van der Waals surface area contributed by atoms with Crippen molar-refractivity contribution in [3.63, 3.8) is 0 Å². The highest BCUT2D eigenvalue weighted by Crippen LogP contribution is 2.24. The Bertz CT molecular complexity index is 385. The van der Waals surface area contributed by atoms with Crippen LogP contribution in [-0.2, 0) is 0 Å². The zero-order valence-electron chi connectivity index (χ0n) is 8.48. The molecule has 14 heavy (non-hydrogen) atoms. The molecule has 1 aromatic rings. The molecule has 0 fully saturated rings. The second-order valence-electron chi connectivity index (χ2n) is 3.63. The van der Waals surface area contributed by atoms with Gasteiger partial charge in [0.1, 0.15) is 0 Å². The lowest BCUT2D eigenvalue weighted by molar-refractivity contribution is 0.0957. The summed E-state index contributed by atoms with van der Waals surface area (Å²) in [5.41, 5.74) is 3.93. The predicted octanol–water partition coefficient (Wildman–Crippen LogP) is 1.46. The largest absolute Gasteiger partial charge is 0.382 e. The summed E-state index contributed by atoms with van der Waals surface area (Å²) in [6, 6.07) is 4.03. The maximum Gasteiger partial charge on any atom is 0.253 e. The summed E-state index contributed by atoms with van der Waals surface area (Å²) in [7, 11) is 0. The Morgan fingerprint density at radius 1 is 1.07 bits per heavy atom. The molecule has 3 nitrogen and oxygen atoms in total. The number of fused-ring (bicyclic) bond motifs is 1. The van der Waals surface area contributed by atoms with Crippen LogP contribution in [-0.4, -0.2) is 19.0 Å². The van der Waals surface area contributed by atoms with Crippen molar-refractivity contribution in [3.8, 4) is 0 Å². The third kappa shape index (κ3) is 1.35. The fraction of sp³-hybridized carbons (Fsp3) is 0.364. The molecule has 0 bridgehead atoms. The molecule has 2 N–H and O–H groups in total. The average Bonchev–Trinajstić information content (AvgIpc) is 2.35. The van der Waals surface area contributed by atoms with Crippen molar-refractivity contribution >= 4 is 11.6 Å². The Balaban J connectivity index is 2.62. The highest BCUT2D eigenvalue weighted by Gasteiger charge is 2.18. The van der Waals surface area contributed by atoms with Gasteiger partial charge < -0.3 is 10.6 Å². The molecule has 0 aromatic heterocycles. The third-order valence-electron chi connectivity index (χ3n) is 2.56. The summed E-state index contributed by atoms with van der Waals surface area (Å²) < 4.78 is 0. The van der Waals surface area contributed by atoms with E-state index in [1.165, 1.54) is 0 Å². The summed E-state index contributed by atoms with van der Waals surface area (Å²) >= 11 is 0. The van der Waals surface area contributed by atoms with Crippen molar-refractivity contribution in [3.05, 3.63) is 28.8 Å². The number of benzene rings is 1. The van der Waals surface area contributed by atoms with Gasteiger partial charge in [0.2, 0.25) is 0 Å². The van der Waals surface area contributed by atoms with E-state index in [9.17, 15) is 4.79 Å². The quantitative estimate of drug-likeness (QED) is 0.650. The van der Waals surface area contributed by atoms with Crippen molar-refractivity contribution in [1.82, 2.24) is 5.32 Å². The highest BCUT2D eigenvalue weighted by atomic mass is 16.1. The van der Waals surface area contributed by atoms with Crippen LogP contribution in [0.15, 0.2) is 12.1 Å². The first kappa shape index (κ1) is 9.06. The number of amides is 1. The van der Waals surface area contributed by atoms with Gasteiger partial charge >= 0.3 is 0 Å². The molecule has 1 aliphatic heterocycles. The molecule has 1 aromatic carbocycles. The second kappa shape index (κ2) is 3.33. The smallest absolute Gasteiger partial charge is 0.253 e. The number of hydrogen-bond donors (Lipinski definition) is 2. The third-order valence-corrected chi connectivity index (χ3v) is 2.56. The number of aryl methyl sites for hydroxylation is 2. The molecule has 1 aliphatic rings. The fourth-order valence-electron chi connectivity index (χ4n) is 1.78. The van der Waals surface area contributed by atoms with E-state index in [2.05, 4.69) is 10.6 Å². The van der Waals surface area contributed by atoms with Crippen LogP contribution in [0.25, 0.3) is 0 Å². The monoisotopic (exact) mass is 190 g/mol. The normalized spacial score (nSPS) is 15.1. The average molecular weight is 190 g/mol. The van der Waals surface area contributed by atoms with E-state index in [1.807, 2.05) is 26.0 Å². The number of nitrogens with one attached hydrogen (secondary N) is 2. The molecule has 0 radical (unpaired) electrons. The van der Waals surface area contributed by atoms with Crippen molar-refractivity contribution in [1.29, 1.82) is 0 Å². The minimum atomic E-state index is 0.0335. The molecular weight excluding hydrogens is 176 g/mol. The molecule has 0 spiro atoms. The summed E-state index contributed by atoms with van der Waals surface area (Å²) in [4.78, 5) is 11.7. The molecule has 0 saturated heterocycles. The van der Waals surface area contributed by atoms with Crippen LogP contribution < -0.4 is 10.6 Å². The number of carbonyl (C=O) groups is 1. The minimum absolute atomic E-state index is 0.0335. The van der Waals surface area contributed by atoms with E-state index >= 15 is 0 Å². The molecule has 1 heterocycles. The van der Waals surface area contributed by atoms with E-state index in [1.54, 1.807) is 0 Å². The van der Waals surface area contributed by atoms with E-state index in [0.29, 0.717) is 6.54 Å². The van der Waals surface area contributed by atoms with Crippen LogP contribution in [0.4, 0.5) is 5.69 Å². The SMILES string of the molecule is Cc1ccc(C)c2c1NCCNC2=O. The van der Waals surface area contributed by atoms with E-state index in [0.717, 1.165) is 28.9 Å². The standard InChI is InChI=1S/C11H14N2O/c1-7-3-4-8(2)10-9(7)11(14)13-6-5-12-10/h3-4,12H,5-6H2,1-2H3,(H,13,14). The van der Waals surface area contributed by atoms with E-state index in [4.69, 9.17) is 0 Å². The fourth-order valence-corrected chi connectivity index (χ4v) is 1.78. The summed E-state index contributed by atoms with van der Waals surface area (Å²) in [6.45, 7) is 5.46. The zero-order chi connectivity index (χ0) is 10.1. The van der Waals surface area contributed by atoms with Gasteiger partial charge in [0.25, 0.3) is 5.91 Å². The Kier molecular flexibility index (Phi) is 2.15. The summed E-state index contributed by atoms with van der Waals surface area (Å²) in [6.07, 6.45) is 0. The maximum absolute atomic E-state index is 11.7. The van der Waals surface area contributed by atoms with Gasteiger partial charge in [-0.15, -0.1) is 0 Å². The first-order valence-corrected chi connectivity index (χ1v) is 4.82. The Morgan fingerprint density at radius 2 is 1.71 bits per heavy atom. The van der Waals surface area contributed by atoms with Crippen LogP contribution in [0.2, 0.25) is 0 Å². The van der Waals surface area contributed by atoms with Crippen LogP contribution in [0, 0.1) is 13.8 Å². The highest BCUT2D eigenvalue weighted by molar-refractivity contribution is 6.02. The van der Waals surface area contributed by atoms with Gasteiger partial charge in [-0.3, -0.25) is 4.79 Å². The molecule has 3 heteroatoms. The van der Waals surface area contributed by atoms with E-state index in [-0.39, 0.29) is 5.91 Å². The minimum Gasteiger partial charge on any atom is -0.382 e. The van der Waals surface area contributed by atoms with Gasteiger partial charge in [0.15, 0.2) is 0 Å². The van der Waals surface area contributed by atoms with Crippen molar-refractivity contribution in [2.45, 2.75) is 13.8 Å². The molecule has 2 rings (SSSR count). The van der Waals surface area contributed by atoms with Gasteiger partial charge in [-0.25, -0.2) is 0 Å². The maximum atomic E-state index is 11.7. The van der Waals surface area contributed by atoms with Crippen molar-refractivity contribution < 1.29 is 4.79 Å². The molecule has 1 amide bonds. The molecule has 0 saturated carbocycles. The lowest BCUT2D eigenvalue weighted by Gasteiger charge is -2.11. The Labute approximate surface area is 83.5 Å². The van der Waals surface area contributed by atoms with Gasteiger partial charge in [-0.05, 0) is 25.0 Å². The second-order valence-corrected chi connectivity index (χ2v) is 3.63. The van der Waals surface area contributed by atoms with Gasteiger partial charge in [-0.1, -0.05) is 12.1 Å². The van der Waals surface area contributed by atoms with Gasteiger partial charge in [-0.2, -0.15) is 0 Å². The molecular formula is C11H14N2O. The molecule has 0 atom stereocenters. The number of anilines is 1. The number of carbonyl (C=O) groups excluding carboxylic acids is 1. The predicted molar refractivity (Wildman–Crippen MR) is 56.7 cm³/mol. The first-order chi connectivity index (χ1) is 6.70. The summed E-state index contributed by atoms with van der Waals surface area (Å²) in [5.74, 6) is 0.0335. The molecule has 0 aliphatic carbocycles. The summed E-state index contributed by atoms with van der Waals surface area (Å²) in [5, 5.41) is 6.15. The van der Waals surface area contributed by atoms with Gasteiger partial charge in [0, 0.05) is 13.1 Å². The zero-order valence-corrected chi connectivity index (χ0v) is 8.48. The van der Waals surface area contributed by atoms with Crippen LogP contribution in [0.5, 0.6) is 0 Å². The van der Waals surface area contributed by atoms with Crippen molar-refractivity contribution in [2.24, 2.45) is 0 Å². The number of hydrogen-bond acceptors (Lipinski definition) is 2. The first-order valence-electron chi connectivity index (χ1n) is 4.82. The van der Waals surface area contributed by atoms with E-state index < -0.39 is 0 Å². The van der Waals surface area contributed by atoms with Gasteiger partial charge in [0.05, 0.1) is 11.3 Å². The van der Waals surface area contributed by atoms with Crippen molar-refractivity contribution in [2.75, 3.05) is 18.4 Å². The van der Waals surface area contributed by atoms with Crippen LogP contribution in [0.3, 0.4) is 0 Å². The Morgan fingerprint density at radius 3 is 2.50 bits per heavy atom. The lowest BCUT2D eigenvalue weighted by Crippen LogP contribution is -2.25. The number of rotatable bonds is 0. The van der Waals surface area contributed by atoms with Crippen LogP contribution in [0.1, 0.15) is 21.5 Å². The topological polar surface area (TPSA) is 41.1 Å². The lowest BCUT2D eigenvalue weighted by atomic mass is 10.0. The molecule has 0 unspecified atom stereocenters.